The second kappa shape index (κ2) is 7.33. The third kappa shape index (κ3) is 3.63. The maximum Gasteiger partial charge on any atom is 0.325 e. The van der Waals surface area contributed by atoms with Crippen molar-refractivity contribution in [2.24, 2.45) is 0 Å². The Hall–Kier alpha value is -2.77. The fraction of sp³-hybridized carbons (Fsp3) is 0.550. The molecule has 2 aliphatic rings. The lowest BCUT2D eigenvalue weighted by molar-refractivity contribution is -0.141. The van der Waals surface area contributed by atoms with Gasteiger partial charge in [0.2, 0.25) is 12.7 Å². The van der Waals surface area contributed by atoms with Crippen molar-refractivity contribution in [3.05, 3.63) is 23.8 Å². The van der Waals surface area contributed by atoms with Gasteiger partial charge in [0.25, 0.3) is 5.91 Å². The molecule has 0 saturated carbocycles. The highest BCUT2D eigenvalue weighted by molar-refractivity contribution is 6.09. The average Bonchev–Trinajstić information content (AvgIpc) is 3.12. The van der Waals surface area contributed by atoms with E-state index in [2.05, 4.69) is 5.32 Å². The molecular formula is C20H27N3O5. The zero-order valence-electron chi connectivity index (χ0n) is 16.9. The van der Waals surface area contributed by atoms with Crippen molar-refractivity contribution in [2.45, 2.75) is 58.7 Å². The monoisotopic (exact) mass is 389 g/mol. The highest BCUT2D eigenvalue weighted by Crippen LogP contribution is 2.34. The van der Waals surface area contributed by atoms with E-state index in [1.54, 1.807) is 24.0 Å². The molecule has 2 heterocycles. The van der Waals surface area contributed by atoms with Crippen molar-refractivity contribution in [1.29, 1.82) is 0 Å². The molecule has 0 bridgehead atoms. The van der Waals surface area contributed by atoms with Crippen LogP contribution in [0.1, 0.15) is 40.2 Å². The van der Waals surface area contributed by atoms with E-state index in [0.717, 1.165) is 10.5 Å². The standard InChI is InChI=1S/C20H27N3O5/c1-12(2)23(13(3)4)17(24)10-22-18(25)20(5,21-19(22)26)9-14-6-7-15-16(8-14)28-11-27-15/h6-8,12-13H,9-11H2,1-5H3,(H,21,26)/t20-/m0/s1. The van der Waals surface area contributed by atoms with Gasteiger partial charge in [0.05, 0.1) is 0 Å². The Bertz CT molecular complexity index is 799. The van der Waals surface area contributed by atoms with Crippen LogP contribution in [-0.2, 0) is 16.0 Å². The van der Waals surface area contributed by atoms with Crippen LogP contribution >= 0.6 is 0 Å². The summed E-state index contributed by atoms with van der Waals surface area (Å²) in [6, 6.07) is 4.84. The first-order valence-corrected chi connectivity index (χ1v) is 9.46. The Morgan fingerprint density at radius 1 is 1.18 bits per heavy atom. The number of imide groups is 1. The third-order valence-corrected chi connectivity index (χ3v) is 5.03. The first kappa shape index (κ1) is 20.0. The lowest BCUT2D eigenvalue weighted by Crippen LogP contribution is -2.49. The lowest BCUT2D eigenvalue weighted by atomic mass is 9.92. The molecule has 1 atom stereocenters. The highest BCUT2D eigenvalue weighted by atomic mass is 16.7. The van der Waals surface area contributed by atoms with Crippen LogP contribution in [0.3, 0.4) is 0 Å². The maximum absolute atomic E-state index is 13.0. The average molecular weight is 389 g/mol. The fourth-order valence-electron chi connectivity index (χ4n) is 3.86. The normalized spacial score (nSPS) is 20.9. The molecule has 0 aliphatic carbocycles. The summed E-state index contributed by atoms with van der Waals surface area (Å²) in [5.74, 6) is 0.622. The summed E-state index contributed by atoms with van der Waals surface area (Å²) in [5, 5.41) is 2.74. The predicted octanol–water partition coefficient (Wildman–Crippen LogP) is 1.91. The molecule has 1 aromatic rings. The fourth-order valence-corrected chi connectivity index (χ4v) is 3.86. The van der Waals surface area contributed by atoms with Gasteiger partial charge in [-0.05, 0) is 52.3 Å². The Morgan fingerprint density at radius 3 is 2.46 bits per heavy atom. The van der Waals surface area contributed by atoms with Crippen molar-refractivity contribution < 1.29 is 23.9 Å². The van der Waals surface area contributed by atoms with Crippen LogP contribution in [0.4, 0.5) is 4.79 Å². The predicted molar refractivity (Wildman–Crippen MR) is 102 cm³/mol. The smallest absolute Gasteiger partial charge is 0.325 e. The van der Waals surface area contributed by atoms with E-state index in [0.29, 0.717) is 11.5 Å². The summed E-state index contributed by atoms with van der Waals surface area (Å²) in [6.45, 7) is 9.22. The van der Waals surface area contributed by atoms with Crippen molar-refractivity contribution in [3.63, 3.8) is 0 Å². The van der Waals surface area contributed by atoms with E-state index >= 15 is 0 Å². The molecule has 0 radical (unpaired) electrons. The minimum Gasteiger partial charge on any atom is -0.454 e. The Balaban J connectivity index is 1.74. The zero-order valence-corrected chi connectivity index (χ0v) is 16.9. The molecule has 8 nitrogen and oxygen atoms in total. The quantitative estimate of drug-likeness (QED) is 0.751. The van der Waals surface area contributed by atoms with Crippen LogP contribution in [0.15, 0.2) is 18.2 Å². The number of amides is 4. The van der Waals surface area contributed by atoms with E-state index < -0.39 is 17.5 Å². The van der Waals surface area contributed by atoms with Gasteiger partial charge >= 0.3 is 6.03 Å². The summed E-state index contributed by atoms with van der Waals surface area (Å²) in [6.07, 6.45) is 0.289. The molecule has 4 amide bonds. The summed E-state index contributed by atoms with van der Waals surface area (Å²) < 4.78 is 10.7. The maximum atomic E-state index is 13.0. The summed E-state index contributed by atoms with van der Waals surface area (Å²) in [7, 11) is 0. The number of hydrogen-bond acceptors (Lipinski definition) is 5. The highest BCUT2D eigenvalue weighted by Gasteiger charge is 2.48. The molecule has 1 fully saturated rings. The number of hydrogen-bond donors (Lipinski definition) is 1. The summed E-state index contributed by atoms with van der Waals surface area (Å²) >= 11 is 0. The molecule has 0 spiro atoms. The van der Waals surface area contributed by atoms with Gasteiger partial charge in [0, 0.05) is 18.5 Å². The largest absolute Gasteiger partial charge is 0.454 e. The van der Waals surface area contributed by atoms with E-state index in [1.165, 1.54) is 0 Å². The van der Waals surface area contributed by atoms with Gasteiger partial charge in [-0.15, -0.1) is 0 Å². The molecule has 0 aromatic heterocycles. The molecule has 0 unspecified atom stereocenters. The second-order valence-electron chi connectivity index (χ2n) is 8.01. The number of nitrogens with one attached hydrogen (secondary N) is 1. The third-order valence-electron chi connectivity index (χ3n) is 5.03. The van der Waals surface area contributed by atoms with E-state index in [1.807, 2.05) is 33.8 Å². The zero-order chi connectivity index (χ0) is 20.6. The molecule has 1 N–H and O–H groups in total. The number of carbonyl (C=O) groups excluding carboxylic acids is 3. The first-order chi connectivity index (χ1) is 13.1. The number of urea groups is 1. The molecule has 3 rings (SSSR count). The van der Waals surface area contributed by atoms with Gasteiger partial charge in [0.15, 0.2) is 11.5 Å². The molecular weight excluding hydrogens is 362 g/mol. The van der Waals surface area contributed by atoms with Gasteiger partial charge in [-0.25, -0.2) is 4.79 Å². The molecule has 1 aromatic carbocycles. The van der Waals surface area contributed by atoms with Crippen LogP contribution in [0.2, 0.25) is 0 Å². The van der Waals surface area contributed by atoms with Crippen molar-refractivity contribution >= 4 is 17.8 Å². The number of ether oxygens (including phenoxy) is 2. The SMILES string of the molecule is CC(C)N(C(=O)CN1C(=O)N[C@@](C)(Cc2ccc3c(c2)OCO3)C1=O)C(C)C. The Morgan fingerprint density at radius 2 is 1.82 bits per heavy atom. The van der Waals surface area contributed by atoms with Crippen molar-refractivity contribution in [1.82, 2.24) is 15.1 Å². The van der Waals surface area contributed by atoms with Crippen LogP contribution in [0.5, 0.6) is 11.5 Å². The first-order valence-electron chi connectivity index (χ1n) is 9.46. The summed E-state index contributed by atoms with van der Waals surface area (Å²) in [4.78, 5) is 40.8. The summed E-state index contributed by atoms with van der Waals surface area (Å²) in [5.41, 5.74) is -0.287. The number of nitrogens with zero attached hydrogens (tertiary/aromatic N) is 2. The minimum atomic E-state index is -1.12. The Kier molecular flexibility index (Phi) is 5.23. The van der Waals surface area contributed by atoms with Gasteiger partial charge in [-0.1, -0.05) is 6.07 Å². The van der Waals surface area contributed by atoms with Gasteiger partial charge in [0.1, 0.15) is 12.1 Å². The number of benzene rings is 1. The number of rotatable bonds is 6. The molecule has 8 heteroatoms. The Labute approximate surface area is 164 Å². The van der Waals surface area contributed by atoms with E-state index in [4.69, 9.17) is 9.47 Å². The second-order valence-corrected chi connectivity index (χ2v) is 8.01. The van der Waals surface area contributed by atoms with Gasteiger partial charge < -0.3 is 19.7 Å². The van der Waals surface area contributed by atoms with Crippen molar-refractivity contribution in [3.8, 4) is 11.5 Å². The van der Waals surface area contributed by atoms with Crippen LogP contribution < -0.4 is 14.8 Å². The van der Waals surface area contributed by atoms with Crippen LogP contribution in [0.25, 0.3) is 0 Å². The topological polar surface area (TPSA) is 88.2 Å². The molecule has 152 valence electrons. The van der Waals surface area contributed by atoms with E-state index in [-0.39, 0.29) is 37.7 Å². The minimum absolute atomic E-state index is 0.0201. The van der Waals surface area contributed by atoms with Gasteiger partial charge in [-0.3, -0.25) is 14.5 Å². The van der Waals surface area contributed by atoms with Gasteiger partial charge in [-0.2, -0.15) is 0 Å². The van der Waals surface area contributed by atoms with Crippen molar-refractivity contribution in [2.75, 3.05) is 13.3 Å². The number of fused-ring (bicyclic) bond motifs is 1. The van der Waals surface area contributed by atoms with Crippen LogP contribution in [0, 0.1) is 0 Å². The number of carbonyl (C=O) groups is 3. The molecule has 28 heavy (non-hydrogen) atoms. The molecule has 1 saturated heterocycles. The van der Waals surface area contributed by atoms with Crippen LogP contribution in [-0.4, -0.2) is 58.6 Å². The lowest BCUT2D eigenvalue weighted by Gasteiger charge is -2.32. The van der Waals surface area contributed by atoms with E-state index in [9.17, 15) is 14.4 Å². The molecule has 2 aliphatic heterocycles.